The van der Waals surface area contributed by atoms with E-state index in [4.69, 9.17) is 0 Å². The molecule has 0 unspecified atom stereocenters. The molecule has 3 aromatic rings. The minimum Gasteiger partial charge on any atom is -0.273 e. The molecule has 0 bridgehead atoms. The molecule has 0 atom stereocenters. The van der Waals surface area contributed by atoms with Crippen LogP contribution in [0.5, 0.6) is 0 Å². The van der Waals surface area contributed by atoms with Crippen LogP contribution in [0.1, 0.15) is 10.6 Å². The molecule has 1 N–H and O–H groups in total. The van der Waals surface area contributed by atoms with Crippen LogP contribution in [-0.2, 0) is 6.18 Å². The number of rotatable bonds is 2. The van der Waals surface area contributed by atoms with Gasteiger partial charge in [0.1, 0.15) is 11.4 Å². The van der Waals surface area contributed by atoms with Crippen molar-refractivity contribution >= 4 is 11.3 Å². The van der Waals surface area contributed by atoms with Gasteiger partial charge in [-0.2, -0.15) is 18.3 Å². The smallest absolute Gasteiger partial charge is 0.273 e. The summed E-state index contributed by atoms with van der Waals surface area (Å²) in [5, 5.41) is 5.68. The third-order valence-corrected chi connectivity index (χ3v) is 3.98. The topological polar surface area (TPSA) is 41.6 Å². The number of thiophene rings is 1. The molecule has 0 fully saturated rings. The van der Waals surface area contributed by atoms with Crippen molar-refractivity contribution in [2.24, 2.45) is 0 Å². The number of aryl methyl sites for hydroxylation is 1. The van der Waals surface area contributed by atoms with E-state index in [9.17, 15) is 13.2 Å². The number of nitrogens with zero attached hydrogens (tertiary/aromatic N) is 2. The summed E-state index contributed by atoms with van der Waals surface area (Å²) in [6.07, 6.45) is -2.87. The molecule has 0 aliphatic heterocycles. The fourth-order valence-corrected chi connectivity index (χ4v) is 2.78. The fraction of sp³-hybridized carbons (Fsp3) is 0.143. The molecule has 0 aromatic carbocycles. The largest absolute Gasteiger partial charge is 0.432 e. The van der Waals surface area contributed by atoms with Gasteiger partial charge in [0.25, 0.3) is 0 Å². The number of nitrogens with one attached hydrogen (secondary N) is 1. The van der Waals surface area contributed by atoms with Gasteiger partial charge in [-0.05, 0) is 42.8 Å². The van der Waals surface area contributed by atoms with E-state index in [0.717, 1.165) is 16.5 Å². The molecule has 0 radical (unpaired) electrons. The van der Waals surface area contributed by atoms with E-state index in [0.29, 0.717) is 5.69 Å². The number of halogens is 3. The number of pyridine rings is 1. The van der Waals surface area contributed by atoms with Gasteiger partial charge in [0.05, 0.1) is 5.69 Å². The predicted molar refractivity (Wildman–Crippen MR) is 74.9 cm³/mol. The highest BCUT2D eigenvalue weighted by atomic mass is 32.1. The molecule has 0 aliphatic rings. The Balaban J connectivity index is 1.98. The molecule has 0 amide bonds. The molecule has 21 heavy (non-hydrogen) atoms. The van der Waals surface area contributed by atoms with Gasteiger partial charge in [0.15, 0.2) is 0 Å². The lowest BCUT2D eigenvalue weighted by Crippen LogP contribution is -2.04. The first-order chi connectivity index (χ1) is 9.93. The van der Waals surface area contributed by atoms with Crippen LogP contribution in [0.2, 0.25) is 0 Å². The maximum Gasteiger partial charge on any atom is 0.432 e. The van der Waals surface area contributed by atoms with E-state index >= 15 is 0 Å². The molecular formula is C14H10F3N3S. The van der Waals surface area contributed by atoms with Gasteiger partial charge in [-0.25, -0.2) is 0 Å². The van der Waals surface area contributed by atoms with Gasteiger partial charge in [0, 0.05) is 16.0 Å². The summed E-state index contributed by atoms with van der Waals surface area (Å²) in [5.74, 6) is 0. The Kier molecular flexibility index (Phi) is 3.29. The monoisotopic (exact) mass is 309 g/mol. The maximum absolute atomic E-state index is 12.6. The Labute approximate surface area is 122 Å². The summed E-state index contributed by atoms with van der Waals surface area (Å²) in [6, 6.07) is 8.50. The van der Waals surface area contributed by atoms with Crippen molar-refractivity contribution in [2.75, 3.05) is 0 Å². The molecule has 3 heterocycles. The normalized spacial score (nSPS) is 11.8. The van der Waals surface area contributed by atoms with Crippen molar-refractivity contribution in [3.63, 3.8) is 0 Å². The SMILES string of the molecule is Cc1ccc(-c2ccnc(-c3cc(C(F)(F)F)[nH]n3)c2)s1. The maximum atomic E-state index is 12.6. The van der Waals surface area contributed by atoms with Crippen LogP contribution < -0.4 is 0 Å². The lowest BCUT2D eigenvalue weighted by Gasteiger charge is -2.01. The third kappa shape index (κ3) is 2.82. The minimum atomic E-state index is -4.44. The number of hydrogen-bond acceptors (Lipinski definition) is 3. The summed E-state index contributed by atoms with van der Waals surface area (Å²) in [7, 11) is 0. The van der Waals surface area contributed by atoms with Gasteiger partial charge < -0.3 is 0 Å². The van der Waals surface area contributed by atoms with Crippen LogP contribution in [0, 0.1) is 6.92 Å². The van der Waals surface area contributed by atoms with E-state index in [1.54, 1.807) is 23.6 Å². The van der Waals surface area contributed by atoms with E-state index in [1.807, 2.05) is 30.2 Å². The van der Waals surface area contributed by atoms with Crippen LogP contribution in [0.25, 0.3) is 21.8 Å². The summed E-state index contributed by atoms with van der Waals surface area (Å²) in [4.78, 5) is 6.31. The molecule has 3 nitrogen and oxygen atoms in total. The van der Waals surface area contributed by atoms with Crippen molar-refractivity contribution in [3.05, 3.63) is 47.1 Å². The number of aromatic amines is 1. The first-order valence-corrected chi connectivity index (χ1v) is 6.91. The summed E-state index contributed by atoms with van der Waals surface area (Å²) < 4.78 is 37.7. The van der Waals surface area contributed by atoms with E-state index in [-0.39, 0.29) is 5.69 Å². The van der Waals surface area contributed by atoms with Crippen molar-refractivity contribution in [3.8, 4) is 21.8 Å². The Hall–Kier alpha value is -2.15. The average Bonchev–Trinajstić information content (AvgIpc) is 3.07. The summed E-state index contributed by atoms with van der Waals surface area (Å²) >= 11 is 1.62. The Morgan fingerprint density at radius 1 is 1.10 bits per heavy atom. The molecule has 0 saturated heterocycles. The summed E-state index contributed by atoms with van der Waals surface area (Å²) in [6.45, 7) is 2.00. The third-order valence-electron chi connectivity index (χ3n) is 2.93. The van der Waals surface area contributed by atoms with E-state index in [1.165, 1.54) is 4.88 Å². The zero-order valence-corrected chi connectivity index (χ0v) is 11.7. The first-order valence-electron chi connectivity index (χ1n) is 6.09. The number of hydrogen-bond donors (Lipinski definition) is 1. The second kappa shape index (κ2) is 5.00. The Morgan fingerprint density at radius 3 is 2.52 bits per heavy atom. The van der Waals surface area contributed by atoms with Crippen LogP contribution in [0.4, 0.5) is 13.2 Å². The molecule has 0 aliphatic carbocycles. The Bertz CT molecular complexity index is 774. The van der Waals surface area contributed by atoms with Gasteiger partial charge in [-0.3, -0.25) is 10.1 Å². The fourth-order valence-electron chi connectivity index (χ4n) is 1.91. The predicted octanol–water partition coefficient (Wildman–Crippen LogP) is 4.53. The van der Waals surface area contributed by atoms with Crippen LogP contribution in [0.3, 0.4) is 0 Å². The molecule has 0 saturated carbocycles. The average molecular weight is 309 g/mol. The zero-order chi connectivity index (χ0) is 15.0. The molecular weight excluding hydrogens is 299 g/mol. The van der Waals surface area contributed by atoms with Gasteiger partial charge in [-0.15, -0.1) is 11.3 Å². The number of alkyl halides is 3. The van der Waals surface area contributed by atoms with Crippen molar-refractivity contribution in [2.45, 2.75) is 13.1 Å². The van der Waals surface area contributed by atoms with Crippen molar-refractivity contribution < 1.29 is 13.2 Å². The van der Waals surface area contributed by atoms with Crippen LogP contribution in [0.15, 0.2) is 36.5 Å². The van der Waals surface area contributed by atoms with Crippen LogP contribution in [-0.4, -0.2) is 15.2 Å². The number of aromatic nitrogens is 3. The zero-order valence-electron chi connectivity index (χ0n) is 10.9. The molecule has 0 spiro atoms. The molecule has 3 rings (SSSR count). The van der Waals surface area contributed by atoms with Gasteiger partial charge in [-0.1, -0.05) is 0 Å². The Morgan fingerprint density at radius 2 is 1.90 bits per heavy atom. The number of H-pyrrole nitrogens is 1. The molecule has 7 heteroatoms. The first kappa shape index (κ1) is 13.8. The highest BCUT2D eigenvalue weighted by molar-refractivity contribution is 7.15. The second-order valence-corrected chi connectivity index (χ2v) is 5.79. The van der Waals surface area contributed by atoms with Gasteiger partial charge in [0.2, 0.25) is 0 Å². The highest BCUT2D eigenvalue weighted by Crippen LogP contribution is 2.32. The van der Waals surface area contributed by atoms with Crippen LogP contribution >= 0.6 is 11.3 Å². The van der Waals surface area contributed by atoms with E-state index in [2.05, 4.69) is 10.1 Å². The second-order valence-electron chi connectivity index (χ2n) is 4.50. The molecule has 108 valence electrons. The highest BCUT2D eigenvalue weighted by Gasteiger charge is 2.33. The van der Waals surface area contributed by atoms with E-state index < -0.39 is 11.9 Å². The lowest BCUT2D eigenvalue weighted by molar-refractivity contribution is -0.141. The lowest BCUT2D eigenvalue weighted by atomic mass is 10.1. The van der Waals surface area contributed by atoms with Gasteiger partial charge >= 0.3 is 6.18 Å². The van der Waals surface area contributed by atoms with Crippen molar-refractivity contribution in [1.29, 1.82) is 0 Å². The summed E-state index contributed by atoms with van der Waals surface area (Å²) in [5.41, 5.74) is 0.620. The standard InChI is InChI=1S/C14H10F3N3S/c1-8-2-3-12(21-8)9-4-5-18-10(6-9)11-7-13(20-19-11)14(15,16)17/h2-7H,1H3,(H,19,20). The molecule has 3 aromatic heterocycles. The minimum absolute atomic E-state index is 0.178. The van der Waals surface area contributed by atoms with Crippen molar-refractivity contribution in [1.82, 2.24) is 15.2 Å². The quantitative estimate of drug-likeness (QED) is 0.756.